The smallest absolute Gasteiger partial charge is 0.337 e. The molecule has 126 valence electrons. The number of esters is 1. The first-order valence-electron chi connectivity index (χ1n) is 7.69. The molecule has 0 aliphatic rings. The van der Waals surface area contributed by atoms with Crippen molar-refractivity contribution < 1.29 is 19.1 Å². The van der Waals surface area contributed by atoms with Crippen molar-refractivity contribution in [2.45, 2.75) is 0 Å². The summed E-state index contributed by atoms with van der Waals surface area (Å²) < 4.78 is 10.1. The molecule has 0 unspecified atom stereocenters. The van der Waals surface area contributed by atoms with Gasteiger partial charge in [0.05, 0.1) is 25.3 Å². The molecule has 0 aromatic heterocycles. The Morgan fingerprint density at radius 3 is 2.28 bits per heavy atom. The number of ether oxygens (including phenoxy) is 2. The fourth-order valence-electron chi connectivity index (χ4n) is 2.61. The minimum absolute atomic E-state index is 0.315. The first kappa shape index (κ1) is 16.5. The van der Waals surface area contributed by atoms with E-state index in [4.69, 9.17) is 9.47 Å². The van der Waals surface area contributed by atoms with Gasteiger partial charge in [0.1, 0.15) is 5.75 Å². The molecule has 0 spiro atoms. The van der Waals surface area contributed by atoms with E-state index >= 15 is 0 Å². The predicted molar refractivity (Wildman–Crippen MR) is 96.2 cm³/mol. The quantitative estimate of drug-likeness (QED) is 0.735. The van der Waals surface area contributed by atoms with E-state index in [-0.39, 0.29) is 5.91 Å². The molecule has 3 aromatic rings. The van der Waals surface area contributed by atoms with E-state index in [0.29, 0.717) is 22.6 Å². The van der Waals surface area contributed by atoms with E-state index in [9.17, 15) is 9.59 Å². The molecule has 0 heterocycles. The van der Waals surface area contributed by atoms with Crippen LogP contribution in [-0.4, -0.2) is 26.1 Å². The summed E-state index contributed by atoms with van der Waals surface area (Å²) in [6, 6.07) is 17.9. The summed E-state index contributed by atoms with van der Waals surface area (Å²) in [7, 11) is 2.84. The summed E-state index contributed by atoms with van der Waals surface area (Å²) in [4.78, 5) is 24.3. The molecule has 5 nitrogen and oxygen atoms in total. The standard InChI is InChI=1S/C20H17NO4/c1-24-18-12-14-7-4-3-6-13(14)11-17(18)19(22)21-16-9-5-8-15(10-16)20(23)25-2/h3-12H,1-2H3,(H,21,22). The number of amides is 1. The van der Waals surface area contributed by atoms with Crippen LogP contribution in [0.5, 0.6) is 5.75 Å². The van der Waals surface area contributed by atoms with Gasteiger partial charge in [0.2, 0.25) is 0 Å². The van der Waals surface area contributed by atoms with Crippen molar-refractivity contribution in [1.82, 2.24) is 0 Å². The molecule has 0 fully saturated rings. The normalized spacial score (nSPS) is 10.3. The summed E-state index contributed by atoms with van der Waals surface area (Å²) in [6.45, 7) is 0. The lowest BCUT2D eigenvalue weighted by Crippen LogP contribution is -2.14. The van der Waals surface area contributed by atoms with Gasteiger partial charge in [-0.15, -0.1) is 0 Å². The fourth-order valence-corrected chi connectivity index (χ4v) is 2.61. The molecule has 0 bridgehead atoms. The molecule has 25 heavy (non-hydrogen) atoms. The van der Waals surface area contributed by atoms with Gasteiger partial charge in [-0.3, -0.25) is 4.79 Å². The third-order valence-corrected chi connectivity index (χ3v) is 3.85. The van der Waals surface area contributed by atoms with Gasteiger partial charge in [-0.1, -0.05) is 30.3 Å². The van der Waals surface area contributed by atoms with Gasteiger partial charge in [-0.2, -0.15) is 0 Å². The van der Waals surface area contributed by atoms with Crippen molar-refractivity contribution in [3.8, 4) is 5.75 Å². The minimum atomic E-state index is -0.459. The Morgan fingerprint density at radius 2 is 1.60 bits per heavy atom. The summed E-state index contributed by atoms with van der Waals surface area (Å²) in [5.74, 6) is -0.288. The van der Waals surface area contributed by atoms with E-state index in [0.717, 1.165) is 10.8 Å². The SMILES string of the molecule is COC(=O)c1cccc(NC(=O)c2cc3ccccc3cc2OC)c1. The second-order valence-corrected chi connectivity index (χ2v) is 5.43. The molecule has 1 amide bonds. The number of carbonyl (C=O) groups excluding carboxylic acids is 2. The Balaban J connectivity index is 1.93. The third-order valence-electron chi connectivity index (χ3n) is 3.85. The lowest BCUT2D eigenvalue weighted by atomic mass is 10.1. The van der Waals surface area contributed by atoms with Crippen molar-refractivity contribution in [2.24, 2.45) is 0 Å². The number of fused-ring (bicyclic) bond motifs is 1. The van der Waals surface area contributed by atoms with Crippen LogP contribution in [0, 0.1) is 0 Å². The zero-order valence-electron chi connectivity index (χ0n) is 13.9. The molecule has 3 aromatic carbocycles. The van der Waals surface area contributed by atoms with Crippen LogP contribution in [0.15, 0.2) is 60.7 Å². The number of carbonyl (C=O) groups is 2. The van der Waals surface area contributed by atoms with Crippen LogP contribution in [-0.2, 0) is 4.74 Å². The van der Waals surface area contributed by atoms with Gasteiger partial charge in [-0.05, 0) is 41.1 Å². The van der Waals surface area contributed by atoms with Crippen LogP contribution < -0.4 is 10.1 Å². The molecule has 5 heteroatoms. The van der Waals surface area contributed by atoms with Crippen LogP contribution in [0.25, 0.3) is 10.8 Å². The largest absolute Gasteiger partial charge is 0.496 e. The van der Waals surface area contributed by atoms with E-state index in [2.05, 4.69) is 5.32 Å². The zero-order valence-corrected chi connectivity index (χ0v) is 13.9. The van der Waals surface area contributed by atoms with Crippen LogP contribution >= 0.6 is 0 Å². The molecule has 0 saturated heterocycles. The van der Waals surface area contributed by atoms with Crippen LogP contribution in [0.2, 0.25) is 0 Å². The van der Waals surface area contributed by atoms with Gasteiger partial charge in [0.25, 0.3) is 5.91 Å². The maximum Gasteiger partial charge on any atom is 0.337 e. The minimum Gasteiger partial charge on any atom is -0.496 e. The number of hydrogen-bond acceptors (Lipinski definition) is 4. The molecular formula is C20H17NO4. The molecule has 3 rings (SSSR count). The average molecular weight is 335 g/mol. The average Bonchev–Trinajstić information content (AvgIpc) is 2.66. The summed E-state index contributed by atoms with van der Waals surface area (Å²) in [5, 5.41) is 4.72. The number of benzene rings is 3. The molecular weight excluding hydrogens is 318 g/mol. The monoisotopic (exact) mass is 335 g/mol. The Hall–Kier alpha value is -3.34. The topological polar surface area (TPSA) is 64.6 Å². The molecule has 0 radical (unpaired) electrons. The molecule has 0 atom stereocenters. The number of nitrogens with one attached hydrogen (secondary N) is 1. The maximum absolute atomic E-state index is 12.7. The Kier molecular flexibility index (Phi) is 4.66. The number of hydrogen-bond donors (Lipinski definition) is 1. The molecule has 1 N–H and O–H groups in total. The highest BCUT2D eigenvalue weighted by Gasteiger charge is 2.15. The highest BCUT2D eigenvalue weighted by atomic mass is 16.5. The number of rotatable bonds is 4. The molecule has 0 aliphatic carbocycles. The maximum atomic E-state index is 12.7. The predicted octanol–water partition coefficient (Wildman–Crippen LogP) is 3.89. The van der Waals surface area contributed by atoms with Crippen molar-refractivity contribution in [3.63, 3.8) is 0 Å². The van der Waals surface area contributed by atoms with Crippen molar-refractivity contribution in [1.29, 1.82) is 0 Å². The van der Waals surface area contributed by atoms with E-state index in [1.54, 1.807) is 30.3 Å². The third kappa shape index (κ3) is 3.45. The molecule has 0 aliphatic heterocycles. The van der Waals surface area contributed by atoms with Crippen molar-refractivity contribution in [2.75, 3.05) is 19.5 Å². The summed E-state index contributed by atoms with van der Waals surface area (Å²) in [5.41, 5.74) is 1.29. The second kappa shape index (κ2) is 7.05. The second-order valence-electron chi connectivity index (χ2n) is 5.43. The summed E-state index contributed by atoms with van der Waals surface area (Å²) >= 11 is 0. The number of methoxy groups -OCH3 is 2. The van der Waals surface area contributed by atoms with Crippen LogP contribution in [0.3, 0.4) is 0 Å². The van der Waals surface area contributed by atoms with Crippen LogP contribution in [0.4, 0.5) is 5.69 Å². The van der Waals surface area contributed by atoms with E-state index in [1.807, 2.05) is 30.3 Å². The van der Waals surface area contributed by atoms with Gasteiger partial charge >= 0.3 is 5.97 Å². The lowest BCUT2D eigenvalue weighted by molar-refractivity contribution is 0.0600. The Labute approximate surface area is 145 Å². The molecule has 0 saturated carbocycles. The first-order chi connectivity index (χ1) is 12.1. The Morgan fingerprint density at radius 1 is 0.880 bits per heavy atom. The highest BCUT2D eigenvalue weighted by Crippen LogP contribution is 2.27. The van der Waals surface area contributed by atoms with Gasteiger partial charge in [0.15, 0.2) is 0 Å². The fraction of sp³-hybridized carbons (Fsp3) is 0.100. The summed E-state index contributed by atoms with van der Waals surface area (Å²) in [6.07, 6.45) is 0. The highest BCUT2D eigenvalue weighted by molar-refractivity contribution is 6.09. The van der Waals surface area contributed by atoms with Crippen molar-refractivity contribution in [3.05, 3.63) is 71.8 Å². The van der Waals surface area contributed by atoms with E-state index < -0.39 is 5.97 Å². The first-order valence-corrected chi connectivity index (χ1v) is 7.69. The van der Waals surface area contributed by atoms with E-state index in [1.165, 1.54) is 14.2 Å². The Bertz CT molecular complexity index is 949. The van der Waals surface area contributed by atoms with Gasteiger partial charge in [0, 0.05) is 5.69 Å². The zero-order chi connectivity index (χ0) is 17.8. The van der Waals surface area contributed by atoms with Crippen LogP contribution in [0.1, 0.15) is 20.7 Å². The van der Waals surface area contributed by atoms with Gasteiger partial charge < -0.3 is 14.8 Å². The number of anilines is 1. The lowest BCUT2D eigenvalue weighted by Gasteiger charge is -2.11. The van der Waals surface area contributed by atoms with Crippen molar-refractivity contribution >= 4 is 28.3 Å². The van der Waals surface area contributed by atoms with Gasteiger partial charge in [-0.25, -0.2) is 4.79 Å².